The van der Waals surface area contributed by atoms with Gasteiger partial charge in [-0.15, -0.1) is 0 Å². The molecule has 0 N–H and O–H groups in total. The van der Waals surface area contributed by atoms with E-state index in [4.69, 9.17) is 0 Å². The van der Waals surface area contributed by atoms with Gasteiger partial charge in [0.15, 0.2) is 0 Å². The Morgan fingerprint density at radius 3 is 2.44 bits per heavy atom. The Bertz CT molecular complexity index is 796. The molecule has 2 aliphatic rings. The van der Waals surface area contributed by atoms with Gasteiger partial charge in [0.2, 0.25) is 5.91 Å². The first kappa shape index (κ1) is 20.2. The molecule has 2 atom stereocenters. The van der Waals surface area contributed by atoms with Gasteiger partial charge < -0.3 is 4.90 Å². The van der Waals surface area contributed by atoms with E-state index >= 15 is 0 Å². The summed E-state index contributed by atoms with van der Waals surface area (Å²) >= 11 is 0. The predicted molar refractivity (Wildman–Crippen MR) is 97.1 cm³/mol. The van der Waals surface area contributed by atoms with Gasteiger partial charge in [-0.25, -0.2) is 8.78 Å². The Balaban J connectivity index is 1.70. The number of benzene rings is 1. The molecule has 0 saturated carbocycles. The van der Waals surface area contributed by atoms with E-state index in [2.05, 4.69) is 0 Å². The van der Waals surface area contributed by atoms with Crippen molar-refractivity contribution in [3.8, 4) is 0 Å². The zero-order valence-electron chi connectivity index (χ0n) is 15.6. The summed E-state index contributed by atoms with van der Waals surface area (Å²) in [6.45, 7) is 1.35. The van der Waals surface area contributed by atoms with Crippen molar-refractivity contribution in [1.29, 1.82) is 0 Å². The van der Waals surface area contributed by atoms with Crippen molar-refractivity contribution in [1.82, 2.24) is 13.5 Å². The Labute approximate surface area is 158 Å². The summed E-state index contributed by atoms with van der Waals surface area (Å²) in [5.74, 6) is -1.48. The van der Waals surface area contributed by atoms with Crippen molar-refractivity contribution in [2.24, 2.45) is 5.92 Å². The van der Waals surface area contributed by atoms with Crippen LogP contribution in [0.4, 0.5) is 8.78 Å². The van der Waals surface area contributed by atoms with Crippen molar-refractivity contribution in [2.45, 2.75) is 31.7 Å². The predicted octanol–water partition coefficient (Wildman–Crippen LogP) is 1.63. The Morgan fingerprint density at radius 1 is 1.15 bits per heavy atom. The third-order valence-corrected chi connectivity index (χ3v) is 7.32. The normalized spacial score (nSPS) is 24.1. The van der Waals surface area contributed by atoms with Crippen molar-refractivity contribution >= 4 is 16.1 Å². The first-order valence-electron chi connectivity index (χ1n) is 9.10. The second-order valence-electron chi connectivity index (χ2n) is 7.45. The highest BCUT2D eigenvalue weighted by Crippen LogP contribution is 2.32. The molecule has 3 rings (SSSR count). The molecule has 0 radical (unpaired) electrons. The molecule has 0 bridgehead atoms. The van der Waals surface area contributed by atoms with Crippen LogP contribution in [0.25, 0.3) is 0 Å². The van der Waals surface area contributed by atoms with Gasteiger partial charge in [0.1, 0.15) is 11.6 Å². The largest absolute Gasteiger partial charge is 0.339 e. The van der Waals surface area contributed by atoms with Gasteiger partial charge in [0, 0.05) is 45.8 Å². The maximum atomic E-state index is 13.4. The van der Waals surface area contributed by atoms with Crippen LogP contribution in [0.1, 0.15) is 24.8 Å². The molecule has 0 aromatic heterocycles. The number of carbonyl (C=O) groups excluding carboxylic acids is 1. The summed E-state index contributed by atoms with van der Waals surface area (Å²) in [6.07, 6.45) is 2.17. The fourth-order valence-corrected chi connectivity index (χ4v) is 5.29. The van der Waals surface area contributed by atoms with Crippen LogP contribution in [0.2, 0.25) is 0 Å². The molecule has 6 nitrogen and oxygen atoms in total. The minimum Gasteiger partial charge on any atom is -0.339 e. The van der Waals surface area contributed by atoms with Crippen LogP contribution in [0.15, 0.2) is 18.2 Å². The highest BCUT2D eigenvalue weighted by molar-refractivity contribution is 7.86. The zero-order valence-corrected chi connectivity index (χ0v) is 16.4. The molecule has 0 spiro atoms. The molecule has 0 aliphatic carbocycles. The molecule has 2 aliphatic heterocycles. The van der Waals surface area contributed by atoms with Crippen LogP contribution in [-0.2, 0) is 21.4 Å². The van der Waals surface area contributed by atoms with E-state index < -0.39 is 21.8 Å². The van der Waals surface area contributed by atoms with Crippen LogP contribution >= 0.6 is 0 Å². The fraction of sp³-hybridized carbons (Fsp3) is 0.611. The minimum atomic E-state index is -3.47. The average molecular weight is 401 g/mol. The molecule has 2 fully saturated rings. The topological polar surface area (TPSA) is 60.9 Å². The third-order valence-electron chi connectivity index (χ3n) is 5.42. The Kier molecular flexibility index (Phi) is 5.83. The fourth-order valence-electron chi connectivity index (χ4n) is 4.11. The van der Waals surface area contributed by atoms with Crippen LogP contribution in [0.5, 0.6) is 0 Å². The standard InChI is InChI=1S/C18H25F2N3O3S/c1-21(2)27(25,26)22-7-5-17-14(12-22)4-3-6-23(17)18(24)10-13-8-15(19)11-16(20)9-13/h8-9,11,14,17H,3-7,10,12H2,1-2H3/t14-,17+/m0/s1. The molecule has 2 heterocycles. The number of nitrogens with zero attached hydrogens (tertiary/aromatic N) is 3. The molecule has 150 valence electrons. The van der Waals surface area contributed by atoms with Crippen LogP contribution in [0, 0.1) is 17.6 Å². The van der Waals surface area contributed by atoms with E-state index in [1.807, 2.05) is 0 Å². The summed E-state index contributed by atoms with van der Waals surface area (Å²) in [6, 6.07) is 3.10. The second-order valence-corrected chi connectivity index (χ2v) is 9.59. The van der Waals surface area contributed by atoms with Gasteiger partial charge in [-0.2, -0.15) is 17.0 Å². The quantitative estimate of drug-likeness (QED) is 0.771. The summed E-state index contributed by atoms with van der Waals surface area (Å²) in [5.41, 5.74) is 0.312. The van der Waals surface area contributed by atoms with Gasteiger partial charge >= 0.3 is 0 Å². The summed E-state index contributed by atoms with van der Waals surface area (Å²) < 4.78 is 54.2. The number of hydrogen-bond donors (Lipinski definition) is 0. The smallest absolute Gasteiger partial charge is 0.281 e. The molecule has 1 aromatic rings. The lowest BCUT2D eigenvalue weighted by molar-refractivity contribution is -0.137. The number of halogens is 2. The summed E-state index contributed by atoms with van der Waals surface area (Å²) in [7, 11) is -0.446. The van der Waals surface area contributed by atoms with Gasteiger partial charge in [-0.1, -0.05) is 0 Å². The number of hydrogen-bond acceptors (Lipinski definition) is 3. The molecule has 1 aromatic carbocycles. The van der Waals surface area contributed by atoms with Crippen LogP contribution < -0.4 is 0 Å². The highest BCUT2D eigenvalue weighted by Gasteiger charge is 2.41. The highest BCUT2D eigenvalue weighted by atomic mass is 32.2. The van der Waals surface area contributed by atoms with Crippen LogP contribution in [0.3, 0.4) is 0 Å². The molecular weight excluding hydrogens is 376 g/mol. The lowest BCUT2D eigenvalue weighted by Crippen LogP contribution is -2.58. The zero-order chi connectivity index (χ0) is 19.8. The second kappa shape index (κ2) is 7.81. The molecular formula is C18H25F2N3O3S. The molecule has 27 heavy (non-hydrogen) atoms. The van der Waals surface area contributed by atoms with Crippen molar-refractivity contribution in [3.63, 3.8) is 0 Å². The number of fused-ring (bicyclic) bond motifs is 1. The number of rotatable bonds is 4. The minimum absolute atomic E-state index is 0.0294. The monoisotopic (exact) mass is 401 g/mol. The van der Waals surface area contributed by atoms with E-state index in [0.29, 0.717) is 31.6 Å². The molecule has 2 saturated heterocycles. The van der Waals surface area contributed by atoms with E-state index in [9.17, 15) is 22.0 Å². The number of likely N-dealkylation sites (tertiary alicyclic amines) is 1. The molecule has 9 heteroatoms. The number of amides is 1. The number of carbonyl (C=O) groups is 1. The van der Waals surface area contributed by atoms with Crippen molar-refractivity contribution in [3.05, 3.63) is 35.4 Å². The van der Waals surface area contributed by atoms with Gasteiger partial charge in [0.05, 0.1) is 6.42 Å². The lowest BCUT2D eigenvalue weighted by atomic mass is 9.84. The SMILES string of the molecule is CN(C)S(=O)(=O)N1CC[C@@H]2[C@@H](CCCN2C(=O)Cc2cc(F)cc(F)c2)C1. The van der Waals surface area contributed by atoms with Gasteiger partial charge in [-0.3, -0.25) is 4.79 Å². The Hall–Kier alpha value is -1.58. The summed E-state index contributed by atoms with van der Waals surface area (Å²) in [4.78, 5) is 14.5. The third kappa shape index (κ3) is 4.30. The number of piperidine rings is 2. The van der Waals surface area contributed by atoms with Gasteiger partial charge in [0.25, 0.3) is 10.2 Å². The Morgan fingerprint density at radius 2 is 1.81 bits per heavy atom. The maximum absolute atomic E-state index is 13.4. The van der Waals surface area contributed by atoms with E-state index in [0.717, 1.165) is 18.9 Å². The molecule has 0 unspecified atom stereocenters. The lowest BCUT2D eigenvalue weighted by Gasteiger charge is -2.47. The van der Waals surface area contributed by atoms with Crippen molar-refractivity contribution < 1.29 is 22.0 Å². The first-order valence-corrected chi connectivity index (χ1v) is 10.5. The van der Waals surface area contributed by atoms with Crippen LogP contribution in [-0.4, -0.2) is 67.6 Å². The van der Waals surface area contributed by atoms with E-state index in [1.54, 1.807) is 4.90 Å². The van der Waals surface area contributed by atoms with Gasteiger partial charge in [-0.05, 0) is 42.9 Å². The van der Waals surface area contributed by atoms with Crippen molar-refractivity contribution in [2.75, 3.05) is 33.7 Å². The average Bonchev–Trinajstić information content (AvgIpc) is 2.59. The maximum Gasteiger partial charge on any atom is 0.281 e. The first-order chi connectivity index (χ1) is 12.7. The summed E-state index contributed by atoms with van der Waals surface area (Å²) in [5, 5.41) is 0. The van der Waals surface area contributed by atoms with E-state index in [1.165, 1.54) is 34.8 Å². The van der Waals surface area contributed by atoms with E-state index in [-0.39, 0.29) is 24.3 Å². The molecule has 1 amide bonds.